The number of hydrogen-bond donors (Lipinski definition) is 3. The van der Waals surface area contributed by atoms with E-state index in [2.05, 4.69) is 38.1 Å². The van der Waals surface area contributed by atoms with E-state index in [1.807, 2.05) is 25.1 Å². The zero-order valence-corrected chi connectivity index (χ0v) is 29.1. The molecule has 1 aromatic carbocycles. The van der Waals surface area contributed by atoms with Crippen LogP contribution in [0.25, 0.3) is 10.9 Å². The maximum Gasteiger partial charge on any atom is 0.256 e. The van der Waals surface area contributed by atoms with E-state index in [1.54, 1.807) is 13.0 Å². The van der Waals surface area contributed by atoms with Crippen LogP contribution in [0.4, 0.5) is 0 Å². The van der Waals surface area contributed by atoms with Crippen molar-refractivity contribution in [2.75, 3.05) is 33.3 Å². The van der Waals surface area contributed by atoms with Gasteiger partial charge in [-0.2, -0.15) is 0 Å². The summed E-state index contributed by atoms with van der Waals surface area (Å²) in [5, 5.41) is 7.19. The summed E-state index contributed by atoms with van der Waals surface area (Å²) in [5.41, 5.74) is 3.51. The van der Waals surface area contributed by atoms with Gasteiger partial charge in [-0.3, -0.25) is 14.4 Å². The largest absolute Gasteiger partial charge is 0.496 e. The second-order valence-electron chi connectivity index (χ2n) is 15.4. The van der Waals surface area contributed by atoms with Crippen LogP contribution in [0, 0.1) is 49.4 Å². The average Bonchev–Trinajstić information content (AvgIpc) is 3.36. The Balaban J connectivity index is 0.937. The molecule has 3 N–H and O–H groups in total. The molecule has 5 fully saturated rings. The highest BCUT2D eigenvalue weighted by atomic mass is 16.5. The van der Waals surface area contributed by atoms with Crippen molar-refractivity contribution in [1.82, 2.24) is 25.1 Å². The number of amides is 2. The lowest BCUT2D eigenvalue weighted by atomic mass is 9.51. The third-order valence-electron chi connectivity index (χ3n) is 12.6. The van der Waals surface area contributed by atoms with Gasteiger partial charge < -0.3 is 29.8 Å². The van der Waals surface area contributed by atoms with Gasteiger partial charge in [-0.05, 0) is 126 Å². The van der Waals surface area contributed by atoms with Crippen molar-refractivity contribution in [3.8, 4) is 5.75 Å². The number of carbonyl (C=O) groups excluding carboxylic acids is 2. The first-order valence-electron chi connectivity index (χ1n) is 18.3. The predicted molar refractivity (Wildman–Crippen MR) is 188 cm³/mol. The van der Waals surface area contributed by atoms with E-state index in [0.717, 1.165) is 85.7 Å². The molecule has 9 heteroatoms. The molecule has 2 aromatic heterocycles. The Hall–Kier alpha value is -3.59. The lowest BCUT2D eigenvalue weighted by Crippen LogP contribution is -2.47. The molecule has 4 bridgehead atoms. The fourth-order valence-corrected chi connectivity index (χ4v) is 10.4. The summed E-state index contributed by atoms with van der Waals surface area (Å²) in [6.45, 7) is 9.85. The van der Waals surface area contributed by atoms with Gasteiger partial charge in [0.2, 0.25) is 5.91 Å². The maximum atomic E-state index is 13.7. The van der Waals surface area contributed by atoms with Gasteiger partial charge in [-0.25, -0.2) is 0 Å². The number of pyridine rings is 1. The molecule has 3 aromatic rings. The Kier molecular flexibility index (Phi) is 9.42. The normalized spacial score (nSPS) is 26.1. The van der Waals surface area contributed by atoms with Crippen LogP contribution in [-0.2, 0) is 11.3 Å². The summed E-state index contributed by atoms with van der Waals surface area (Å²) < 4.78 is 7.77. The minimum atomic E-state index is -0.258. The van der Waals surface area contributed by atoms with Crippen LogP contribution in [0.2, 0.25) is 0 Å². The Morgan fingerprint density at radius 1 is 1.00 bits per heavy atom. The number of hydrogen-bond acceptors (Lipinski definition) is 5. The van der Waals surface area contributed by atoms with Crippen LogP contribution >= 0.6 is 0 Å². The van der Waals surface area contributed by atoms with Crippen LogP contribution in [-0.4, -0.2) is 59.6 Å². The first-order valence-corrected chi connectivity index (χ1v) is 18.3. The summed E-state index contributed by atoms with van der Waals surface area (Å²) in [5.74, 6) is 5.13. The van der Waals surface area contributed by atoms with Crippen LogP contribution < -0.4 is 20.9 Å². The maximum absolute atomic E-state index is 13.7. The summed E-state index contributed by atoms with van der Waals surface area (Å²) in [6.07, 6.45) is 9.83. The molecular weight excluding hydrogens is 602 g/mol. The van der Waals surface area contributed by atoms with Crippen molar-refractivity contribution >= 4 is 22.7 Å². The van der Waals surface area contributed by atoms with Crippen molar-refractivity contribution in [1.29, 1.82) is 0 Å². The lowest BCUT2D eigenvalue weighted by Gasteiger charge is -2.54. The number of fused-ring (bicyclic) bond motifs is 1. The first-order chi connectivity index (χ1) is 23.2. The number of piperidine rings is 1. The number of benzene rings is 1. The molecular formula is C39H53N5O4. The summed E-state index contributed by atoms with van der Waals surface area (Å²) in [7, 11) is 1.53. The molecule has 0 radical (unpaired) electrons. The number of ether oxygens (including phenoxy) is 1. The van der Waals surface area contributed by atoms with Crippen LogP contribution in [0.3, 0.4) is 0 Å². The van der Waals surface area contributed by atoms with Crippen LogP contribution in [0.1, 0.15) is 91.6 Å². The molecule has 1 atom stereocenters. The number of carbonyl (C=O) groups is 2. The van der Waals surface area contributed by atoms with Gasteiger partial charge in [-0.15, -0.1) is 0 Å². The number of rotatable bonds is 11. The minimum Gasteiger partial charge on any atom is -0.496 e. The van der Waals surface area contributed by atoms with Gasteiger partial charge in [0.1, 0.15) is 5.75 Å². The lowest BCUT2D eigenvalue weighted by molar-refractivity contribution is -0.126. The van der Waals surface area contributed by atoms with Gasteiger partial charge in [-0.1, -0.05) is 18.2 Å². The summed E-state index contributed by atoms with van der Waals surface area (Å²) in [4.78, 5) is 44.6. The predicted octanol–water partition coefficient (Wildman–Crippen LogP) is 5.74. The van der Waals surface area contributed by atoms with E-state index < -0.39 is 0 Å². The number of aryl methyl sites for hydroxylation is 1. The number of likely N-dealkylation sites (tertiary alicyclic amines) is 1. The molecule has 0 unspecified atom stereocenters. The van der Waals surface area contributed by atoms with E-state index in [-0.39, 0.29) is 30.0 Å². The highest BCUT2D eigenvalue weighted by Gasteiger charge is 2.48. The number of nitrogens with one attached hydrogen (secondary N) is 3. The Labute approximate surface area is 284 Å². The number of methoxy groups -OCH3 is 1. The second kappa shape index (κ2) is 13.7. The smallest absolute Gasteiger partial charge is 0.256 e. The number of H-pyrrole nitrogens is 1. The molecule has 0 spiro atoms. The molecule has 48 heavy (non-hydrogen) atoms. The monoisotopic (exact) mass is 655 g/mol. The van der Waals surface area contributed by atoms with Crippen molar-refractivity contribution in [2.24, 2.45) is 35.5 Å². The molecule has 258 valence electrons. The van der Waals surface area contributed by atoms with Crippen LogP contribution in [0.5, 0.6) is 5.75 Å². The van der Waals surface area contributed by atoms with Gasteiger partial charge in [0.25, 0.3) is 11.5 Å². The van der Waals surface area contributed by atoms with Crippen molar-refractivity contribution in [2.45, 2.75) is 84.7 Å². The zero-order valence-electron chi connectivity index (χ0n) is 29.1. The van der Waals surface area contributed by atoms with Gasteiger partial charge in [0.15, 0.2) is 0 Å². The van der Waals surface area contributed by atoms with Gasteiger partial charge >= 0.3 is 0 Å². The van der Waals surface area contributed by atoms with Crippen molar-refractivity contribution in [3.63, 3.8) is 0 Å². The molecule has 8 rings (SSSR count). The van der Waals surface area contributed by atoms with Gasteiger partial charge in [0, 0.05) is 47.8 Å². The Morgan fingerprint density at radius 2 is 1.69 bits per heavy atom. The fourth-order valence-electron chi connectivity index (χ4n) is 10.4. The SMILES string of the molecule is COc1cc(C)[nH]c(=O)c1CNC(=O)c1c(C)n([C@H](C)C2CCN(CCNC(=O)CC3C4CC5CC(C4)CC3C5)CC2)c2ccccc12. The minimum absolute atomic E-state index is 0.0769. The van der Waals surface area contributed by atoms with Crippen molar-refractivity contribution < 1.29 is 14.3 Å². The molecule has 1 saturated heterocycles. The molecule has 2 amide bonds. The summed E-state index contributed by atoms with van der Waals surface area (Å²) in [6, 6.07) is 10.1. The number of nitrogens with zero attached hydrogens (tertiary/aromatic N) is 2. The van der Waals surface area contributed by atoms with E-state index in [9.17, 15) is 14.4 Å². The molecule has 1 aliphatic heterocycles. The topological polar surface area (TPSA) is 108 Å². The zero-order chi connectivity index (χ0) is 33.5. The number of aromatic nitrogens is 2. The van der Waals surface area contributed by atoms with Gasteiger partial charge in [0.05, 0.1) is 24.8 Å². The number of para-hydroxylation sites is 1. The quantitative estimate of drug-likeness (QED) is 0.244. The van der Waals surface area contributed by atoms with E-state index in [0.29, 0.717) is 34.4 Å². The van der Waals surface area contributed by atoms with Crippen LogP contribution in [0.15, 0.2) is 35.1 Å². The van der Waals surface area contributed by atoms with Crippen molar-refractivity contribution in [3.05, 3.63) is 63.2 Å². The average molecular weight is 656 g/mol. The van der Waals surface area contributed by atoms with E-state index in [4.69, 9.17) is 4.74 Å². The Morgan fingerprint density at radius 3 is 2.38 bits per heavy atom. The van der Waals surface area contributed by atoms with E-state index in [1.165, 1.54) is 39.2 Å². The number of aromatic amines is 1. The van der Waals surface area contributed by atoms with E-state index >= 15 is 0 Å². The molecule has 9 nitrogen and oxygen atoms in total. The third kappa shape index (κ3) is 6.42. The standard InChI is InChI=1S/C39H53N5O4/c1-23-15-35(48-4)33(38(46)42-23)22-41-39(47)37-25(3)44(34-8-6-5-7-31(34)37)24(2)28-9-12-43(13-10-28)14-11-40-36(45)21-32-29-17-26-16-27(19-29)20-30(32)18-26/h5-8,15,24,26-30,32H,9-14,16-22H2,1-4H3,(H,40,45)(H,41,47)(H,42,46)/t24-,26?,27?,29?,30?,32?/m1/s1. The highest BCUT2D eigenvalue weighted by Crippen LogP contribution is 2.57. The first kappa shape index (κ1) is 32.9. The molecule has 4 saturated carbocycles. The third-order valence-corrected chi connectivity index (χ3v) is 12.6. The second-order valence-corrected chi connectivity index (χ2v) is 15.4. The molecule has 5 aliphatic rings. The highest BCUT2D eigenvalue weighted by molar-refractivity contribution is 6.08. The summed E-state index contributed by atoms with van der Waals surface area (Å²) >= 11 is 0. The fraction of sp³-hybridized carbons (Fsp3) is 0.615. The Bertz CT molecular complexity index is 1690. The molecule has 4 aliphatic carbocycles. The molecule has 3 heterocycles.